The molecule has 0 amide bonds. The van der Waals surface area contributed by atoms with Gasteiger partial charge in [0.05, 0.1) is 25.0 Å². The third kappa shape index (κ3) is 5.43. The van der Waals surface area contributed by atoms with Crippen LogP contribution in [0, 0.1) is 5.92 Å². The molecule has 25 heavy (non-hydrogen) atoms. The first-order valence-corrected chi connectivity index (χ1v) is 8.35. The van der Waals surface area contributed by atoms with Crippen LogP contribution in [-0.4, -0.2) is 54.7 Å². The molecule has 136 valence electrons. The highest BCUT2D eigenvalue weighted by Gasteiger charge is 2.17. The van der Waals surface area contributed by atoms with Gasteiger partial charge in [-0.1, -0.05) is 30.3 Å². The Balaban J connectivity index is 0.00000225. The second-order valence-corrected chi connectivity index (χ2v) is 6.12. The predicted molar refractivity (Wildman–Crippen MR) is 111 cm³/mol. The molecular formula is C18H26IN5O. The van der Waals surface area contributed by atoms with Crippen LogP contribution in [0.15, 0.2) is 41.5 Å². The molecule has 6 nitrogen and oxygen atoms in total. The minimum absolute atomic E-state index is 0. The summed E-state index contributed by atoms with van der Waals surface area (Å²) in [6.07, 6.45) is 3.00. The molecule has 7 heteroatoms. The highest BCUT2D eigenvalue weighted by atomic mass is 127. The smallest absolute Gasteiger partial charge is 0.193 e. The van der Waals surface area contributed by atoms with Gasteiger partial charge in [-0.3, -0.25) is 4.99 Å². The van der Waals surface area contributed by atoms with Crippen LogP contribution in [0.1, 0.15) is 12.2 Å². The number of hydrogen-bond donors (Lipinski definition) is 2. The van der Waals surface area contributed by atoms with E-state index in [0.717, 1.165) is 49.2 Å². The fraction of sp³-hybridized carbons (Fsp3) is 0.444. The molecule has 1 aromatic carbocycles. The van der Waals surface area contributed by atoms with E-state index in [9.17, 15) is 0 Å². The van der Waals surface area contributed by atoms with E-state index >= 15 is 0 Å². The molecule has 1 fully saturated rings. The van der Waals surface area contributed by atoms with E-state index in [1.165, 1.54) is 0 Å². The van der Waals surface area contributed by atoms with Crippen LogP contribution in [0.5, 0.6) is 0 Å². The standard InChI is InChI=1S/C18H25N5O.HI/c1-19-18(21-10-14-8-9-24-13-14)23(2)12-17-20-11-16(22-17)15-6-4-3-5-7-15;/h3-7,11,14H,8-10,12-13H2,1-2H3,(H,19,21)(H,20,22);1H. The number of hydrogen-bond acceptors (Lipinski definition) is 3. The number of guanidine groups is 1. The van der Waals surface area contributed by atoms with Gasteiger partial charge in [0.1, 0.15) is 5.82 Å². The molecule has 0 bridgehead atoms. The van der Waals surface area contributed by atoms with Crippen molar-refractivity contribution in [3.63, 3.8) is 0 Å². The number of imidazole rings is 1. The van der Waals surface area contributed by atoms with Crippen molar-refractivity contribution < 1.29 is 4.74 Å². The van der Waals surface area contributed by atoms with Crippen LogP contribution in [0.4, 0.5) is 0 Å². The SMILES string of the molecule is CN=C(NCC1CCOC1)N(C)Cc1ncc(-c2ccccc2)[nH]1.I. The lowest BCUT2D eigenvalue weighted by Gasteiger charge is -2.22. The first-order chi connectivity index (χ1) is 11.8. The van der Waals surface area contributed by atoms with Crippen LogP contribution in [-0.2, 0) is 11.3 Å². The summed E-state index contributed by atoms with van der Waals surface area (Å²) in [7, 11) is 3.83. The minimum Gasteiger partial charge on any atom is -0.381 e. The lowest BCUT2D eigenvalue weighted by atomic mass is 10.1. The van der Waals surface area contributed by atoms with E-state index < -0.39 is 0 Å². The number of benzene rings is 1. The molecule has 1 aromatic heterocycles. The van der Waals surface area contributed by atoms with Crippen molar-refractivity contribution in [1.29, 1.82) is 0 Å². The average Bonchev–Trinajstić information content (AvgIpc) is 3.28. The quantitative estimate of drug-likeness (QED) is 0.414. The van der Waals surface area contributed by atoms with E-state index in [4.69, 9.17) is 4.74 Å². The fourth-order valence-corrected chi connectivity index (χ4v) is 2.87. The van der Waals surface area contributed by atoms with Gasteiger partial charge >= 0.3 is 0 Å². The Morgan fingerprint density at radius 2 is 2.20 bits per heavy atom. The lowest BCUT2D eigenvalue weighted by molar-refractivity contribution is 0.186. The van der Waals surface area contributed by atoms with Gasteiger partial charge < -0.3 is 19.9 Å². The molecule has 1 atom stereocenters. The predicted octanol–water partition coefficient (Wildman–Crippen LogP) is 2.74. The lowest BCUT2D eigenvalue weighted by Crippen LogP contribution is -2.41. The molecule has 0 radical (unpaired) electrons. The van der Waals surface area contributed by atoms with Gasteiger partial charge in [-0.2, -0.15) is 0 Å². The van der Waals surface area contributed by atoms with Crippen LogP contribution >= 0.6 is 24.0 Å². The number of nitrogens with one attached hydrogen (secondary N) is 2. The Bertz CT molecular complexity index is 667. The Labute approximate surface area is 166 Å². The van der Waals surface area contributed by atoms with E-state index in [2.05, 4.69) is 37.3 Å². The van der Waals surface area contributed by atoms with Crippen molar-refractivity contribution in [2.24, 2.45) is 10.9 Å². The Kier molecular flexibility index (Phi) is 7.70. The molecule has 2 N–H and O–H groups in total. The zero-order valence-corrected chi connectivity index (χ0v) is 17.1. The number of nitrogens with zero attached hydrogens (tertiary/aromatic N) is 3. The van der Waals surface area contributed by atoms with Crippen LogP contribution < -0.4 is 5.32 Å². The molecular weight excluding hydrogens is 429 g/mol. The topological polar surface area (TPSA) is 65.5 Å². The summed E-state index contributed by atoms with van der Waals surface area (Å²) in [6.45, 7) is 3.28. The maximum atomic E-state index is 5.42. The maximum absolute atomic E-state index is 5.42. The highest BCUT2D eigenvalue weighted by molar-refractivity contribution is 14.0. The third-order valence-electron chi connectivity index (χ3n) is 4.25. The first-order valence-electron chi connectivity index (χ1n) is 8.35. The van der Waals surface area contributed by atoms with Gasteiger partial charge in [-0.15, -0.1) is 24.0 Å². The van der Waals surface area contributed by atoms with E-state index in [1.54, 1.807) is 0 Å². The largest absolute Gasteiger partial charge is 0.381 e. The second kappa shape index (κ2) is 9.76. The van der Waals surface area contributed by atoms with Crippen molar-refractivity contribution in [3.8, 4) is 11.3 Å². The van der Waals surface area contributed by atoms with Gasteiger partial charge in [-0.25, -0.2) is 4.98 Å². The van der Waals surface area contributed by atoms with Crippen molar-refractivity contribution in [2.45, 2.75) is 13.0 Å². The van der Waals surface area contributed by atoms with Gasteiger partial charge in [0.15, 0.2) is 5.96 Å². The summed E-state index contributed by atoms with van der Waals surface area (Å²) >= 11 is 0. The van der Waals surface area contributed by atoms with E-state index in [1.807, 2.05) is 38.5 Å². The van der Waals surface area contributed by atoms with Crippen LogP contribution in [0.3, 0.4) is 0 Å². The van der Waals surface area contributed by atoms with Crippen molar-refractivity contribution in [3.05, 3.63) is 42.4 Å². The molecule has 2 aromatic rings. The molecule has 3 rings (SSSR count). The molecule has 1 saturated heterocycles. The van der Waals surface area contributed by atoms with Gasteiger partial charge in [-0.05, 0) is 12.0 Å². The summed E-state index contributed by atoms with van der Waals surface area (Å²) in [5, 5.41) is 3.42. The van der Waals surface area contributed by atoms with Crippen LogP contribution in [0.25, 0.3) is 11.3 Å². The minimum atomic E-state index is 0. The summed E-state index contributed by atoms with van der Waals surface area (Å²) in [5.74, 6) is 2.37. The summed E-state index contributed by atoms with van der Waals surface area (Å²) in [4.78, 5) is 14.3. The molecule has 0 spiro atoms. The number of aromatic amines is 1. The van der Waals surface area contributed by atoms with Gasteiger partial charge in [0.2, 0.25) is 0 Å². The zero-order valence-electron chi connectivity index (χ0n) is 14.7. The number of rotatable bonds is 5. The normalized spacial score (nSPS) is 17.2. The number of halogens is 1. The van der Waals surface area contributed by atoms with Crippen molar-refractivity contribution in [2.75, 3.05) is 33.9 Å². The van der Waals surface area contributed by atoms with E-state index in [0.29, 0.717) is 12.5 Å². The monoisotopic (exact) mass is 455 g/mol. The number of H-pyrrole nitrogens is 1. The summed E-state index contributed by atoms with van der Waals surface area (Å²) in [6, 6.07) is 10.2. The fourth-order valence-electron chi connectivity index (χ4n) is 2.87. The van der Waals surface area contributed by atoms with Gasteiger partial charge in [0.25, 0.3) is 0 Å². The zero-order chi connectivity index (χ0) is 16.8. The maximum Gasteiger partial charge on any atom is 0.193 e. The van der Waals surface area contributed by atoms with Crippen molar-refractivity contribution in [1.82, 2.24) is 20.2 Å². The number of aromatic nitrogens is 2. The molecule has 1 aliphatic heterocycles. The van der Waals surface area contributed by atoms with Crippen molar-refractivity contribution >= 4 is 29.9 Å². The number of aliphatic imine (C=N–C) groups is 1. The summed E-state index contributed by atoms with van der Waals surface area (Å²) in [5.41, 5.74) is 2.17. The Hall–Kier alpha value is -1.61. The first kappa shape index (κ1) is 19.7. The molecule has 0 aliphatic carbocycles. The third-order valence-corrected chi connectivity index (χ3v) is 4.25. The molecule has 0 saturated carbocycles. The second-order valence-electron chi connectivity index (χ2n) is 6.12. The highest BCUT2D eigenvalue weighted by Crippen LogP contribution is 2.16. The van der Waals surface area contributed by atoms with Crippen LogP contribution in [0.2, 0.25) is 0 Å². The Morgan fingerprint density at radius 3 is 2.88 bits per heavy atom. The molecule has 2 heterocycles. The summed E-state index contributed by atoms with van der Waals surface area (Å²) < 4.78 is 5.42. The molecule has 1 aliphatic rings. The van der Waals surface area contributed by atoms with E-state index in [-0.39, 0.29) is 24.0 Å². The molecule has 1 unspecified atom stereocenters. The Morgan fingerprint density at radius 1 is 1.40 bits per heavy atom. The van der Waals surface area contributed by atoms with Gasteiger partial charge in [0, 0.05) is 33.2 Å². The number of ether oxygens (including phenoxy) is 1. The average molecular weight is 455 g/mol.